The van der Waals surface area contributed by atoms with Crippen LogP contribution in [-0.4, -0.2) is 34.9 Å². The van der Waals surface area contributed by atoms with Crippen LogP contribution in [0.5, 0.6) is 0 Å². The first-order chi connectivity index (χ1) is 38.2. The van der Waals surface area contributed by atoms with Crippen LogP contribution < -0.4 is 5.32 Å². The molecule has 0 aliphatic carbocycles. The van der Waals surface area contributed by atoms with Gasteiger partial charge in [-0.2, -0.15) is 0 Å². The predicted molar refractivity (Wildman–Crippen MR) is 345 cm³/mol. The molecule has 0 bridgehead atoms. The van der Waals surface area contributed by atoms with Gasteiger partial charge in [-0.05, 0) is 64.2 Å². The minimum absolute atomic E-state index is 0.0665. The molecule has 4 nitrogen and oxygen atoms in total. The number of hydrogen-bond acceptors (Lipinski definition) is 3. The molecule has 0 aliphatic rings. The first kappa shape index (κ1) is 75.3. The summed E-state index contributed by atoms with van der Waals surface area (Å²) in [5, 5.41) is 23.3. The van der Waals surface area contributed by atoms with Gasteiger partial charge in [0.1, 0.15) is 0 Å². The van der Waals surface area contributed by atoms with Gasteiger partial charge >= 0.3 is 0 Å². The highest BCUT2D eigenvalue weighted by Gasteiger charge is 2.18. The Labute approximate surface area is 484 Å². The maximum absolute atomic E-state index is 12.5. The molecular formula is C73H139NO3. The molecule has 1 amide bonds. The standard InChI is InChI=1S/C73H139NO3/c1-3-5-7-9-11-13-15-17-19-21-23-25-27-29-31-33-35-37-39-41-43-45-47-49-51-53-55-57-59-61-63-65-67-69-73(77)74-71(70-75)72(76)68-66-64-62-60-58-56-54-52-50-48-46-44-42-40-38-36-34-32-30-28-26-24-22-20-18-16-14-12-10-8-6-4-2/h15,17,21,23,58,60,66,68,71-72,75-76H,3-14,16,18-20,22,24-57,59,61-65,67,69-70H2,1-2H3,(H,74,77)/b17-15-,23-21-,60-58+,68-66+. The molecule has 0 saturated heterocycles. The van der Waals surface area contributed by atoms with Crippen LogP contribution in [0.4, 0.5) is 0 Å². The van der Waals surface area contributed by atoms with Crippen molar-refractivity contribution in [2.45, 2.75) is 405 Å². The van der Waals surface area contributed by atoms with Gasteiger partial charge in [0, 0.05) is 6.42 Å². The van der Waals surface area contributed by atoms with Crippen LogP contribution in [0.1, 0.15) is 393 Å². The average molecular weight is 1080 g/mol. The summed E-state index contributed by atoms with van der Waals surface area (Å²) in [6.07, 6.45) is 96.4. The average Bonchev–Trinajstić information content (AvgIpc) is 3.43. The van der Waals surface area contributed by atoms with E-state index in [1.54, 1.807) is 6.08 Å². The summed E-state index contributed by atoms with van der Waals surface area (Å²) in [5.41, 5.74) is 0. The van der Waals surface area contributed by atoms with Gasteiger partial charge in [-0.25, -0.2) is 0 Å². The molecule has 3 N–H and O–H groups in total. The maximum Gasteiger partial charge on any atom is 0.220 e. The van der Waals surface area contributed by atoms with Crippen molar-refractivity contribution in [3.63, 3.8) is 0 Å². The molecule has 0 heterocycles. The molecule has 2 atom stereocenters. The zero-order chi connectivity index (χ0) is 55.5. The molecule has 77 heavy (non-hydrogen) atoms. The molecule has 454 valence electrons. The summed E-state index contributed by atoms with van der Waals surface area (Å²) in [7, 11) is 0. The fourth-order valence-electron chi connectivity index (χ4n) is 11.2. The van der Waals surface area contributed by atoms with E-state index >= 15 is 0 Å². The van der Waals surface area contributed by atoms with Gasteiger partial charge in [-0.1, -0.05) is 371 Å². The quantitative estimate of drug-likeness (QED) is 0.0420. The third kappa shape index (κ3) is 65.0. The first-order valence-electron chi connectivity index (χ1n) is 35.4. The second-order valence-electron chi connectivity index (χ2n) is 24.3. The van der Waals surface area contributed by atoms with Crippen molar-refractivity contribution in [3.8, 4) is 0 Å². The normalized spacial score (nSPS) is 12.9. The number of nitrogens with one attached hydrogen (secondary N) is 1. The van der Waals surface area contributed by atoms with Crippen molar-refractivity contribution in [1.82, 2.24) is 5.32 Å². The van der Waals surface area contributed by atoms with Gasteiger partial charge in [0.25, 0.3) is 0 Å². The molecule has 0 spiro atoms. The van der Waals surface area contributed by atoms with Gasteiger partial charge in [-0.15, -0.1) is 0 Å². The van der Waals surface area contributed by atoms with Crippen LogP contribution in [0.2, 0.25) is 0 Å². The highest BCUT2D eigenvalue weighted by Crippen LogP contribution is 2.19. The molecule has 4 heteroatoms. The van der Waals surface area contributed by atoms with Gasteiger partial charge in [0.05, 0.1) is 18.8 Å². The van der Waals surface area contributed by atoms with Gasteiger partial charge in [0.15, 0.2) is 0 Å². The summed E-state index contributed by atoms with van der Waals surface area (Å²) in [4.78, 5) is 12.5. The fourth-order valence-corrected chi connectivity index (χ4v) is 11.2. The number of allylic oxidation sites excluding steroid dienone is 7. The molecule has 0 aromatic rings. The summed E-state index contributed by atoms with van der Waals surface area (Å²) < 4.78 is 0. The van der Waals surface area contributed by atoms with Gasteiger partial charge in [0.2, 0.25) is 5.91 Å². The van der Waals surface area contributed by atoms with E-state index < -0.39 is 12.1 Å². The molecule has 0 aliphatic heterocycles. The summed E-state index contributed by atoms with van der Waals surface area (Å²) in [5.74, 6) is -0.0665. The fraction of sp³-hybridized carbons (Fsp3) is 0.877. The Hall–Kier alpha value is -1.65. The lowest BCUT2D eigenvalue weighted by molar-refractivity contribution is -0.123. The molecule has 0 rings (SSSR count). The largest absolute Gasteiger partial charge is 0.394 e. The SMILES string of the molecule is CCCCCCC/C=C\C/C=C\CCCCCCCCCCCCCCCCCCCCCCCC(=O)NC(CO)C(O)/C=C/CC/C=C/CCCCCCCCCCCCCCCCCCCCCCCCCCCC. The lowest BCUT2D eigenvalue weighted by Gasteiger charge is -2.19. The Morgan fingerprint density at radius 2 is 0.545 bits per heavy atom. The minimum atomic E-state index is -0.864. The van der Waals surface area contributed by atoms with Crippen molar-refractivity contribution in [2.75, 3.05) is 6.61 Å². The monoisotopic (exact) mass is 1080 g/mol. The number of rotatable bonds is 66. The Morgan fingerprint density at radius 3 is 0.831 bits per heavy atom. The number of amides is 1. The molecule has 2 unspecified atom stereocenters. The Morgan fingerprint density at radius 1 is 0.312 bits per heavy atom. The molecule has 0 aromatic carbocycles. The molecule has 0 fully saturated rings. The highest BCUT2D eigenvalue weighted by atomic mass is 16.3. The van der Waals surface area contributed by atoms with E-state index in [9.17, 15) is 15.0 Å². The molecule has 0 saturated carbocycles. The van der Waals surface area contributed by atoms with E-state index in [1.807, 2.05) is 6.08 Å². The summed E-state index contributed by atoms with van der Waals surface area (Å²) >= 11 is 0. The van der Waals surface area contributed by atoms with Crippen LogP contribution in [0.15, 0.2) is 48.6 Å². The zero-order valence-electron chi connectivity index (χ0n) is 52.5. The van der Waals surface area contributed by atoms with E-state index in [0.29, 0.717) is 6.42 Å². The second kappa shape index (κ2) is 68.6. The molecule has 0 radical (unpaired) electrons. The Kier molecular flexibility index (Phi) is 67.2. The van der Waals surface area contributed by atoms with Crippen LogP contribution in [-0.2, 0) is 4.79 Å². The Balaban J connectivity index is 3.45. The number of aliphatic hydroxyl groups excluding tert-OH is 2. The second-order valence-corrected chi connectivity index (χ2v) is 24.3. The van der Waals surface area contributed by atoms with E-state index in [-0.39, 0.29) is 12.5 Å². The van der Waals surface area contributed by atoms with E-state index in [1.165, 1.54) is 334 Å². The van der Waals surface area contributed by atoms with Crippen molar-refractivity contribution in [2.24, 2.45) is 0 Å². The van der Waals surface area contributed by atoms with Crippen LogP contribution in [0.25, 0.3) is 0 Å². The maximum atomic E-state index is 12.5. The van der Waals surface area contributed by atoms with E-state index in [0.717, 1.165) is 38.5 Å². The molecule has 0 aromatic heterocycles. The number of hydrogen-bond donors (Lipinski definition) is 3. The van der Waals surface area contributed by atoms with E-state index in [4.69, 9.17) is 0 Å². The smallest absolute Gasteiger partial charge is 0.220 e. The Bertz CT molecular complexity index is 1220. The van der Waals surface area contributed by atoms with Crippen LogP contribution >= 0.6 is 0 Å². The number of carbonyl (C=O) groups excluding carboxylic acids is 1. The summed E-state index contributed by atoms with van der Waals surface area (Å²) in [6.45, 7) is 4.33. The lowest BCUT2D eigenvalue weighted by Crippen LogP contribution is -2.45. The third-order valence-electron chi connectivity index (χ3n) is 16.5. The lowest BCUT2D eigenvalue weighted by atomic mass is 10.0. The first-order valence-corrected chi connectivity index (χ1v) is 35.4. The number of unbranched alkanes of at least 4 members (excludes halogenated alkanes) is 53. The summed E-state index contributed by atoms with van der Waals surface area (Å²) in [6, 6.07) is -0.640. The van der Waals surface area contributed by atoms with E-state index in [2.05, 4.69) is 55.6 Å². The van der Waals surface area contributed by atoms with Gasteiger partial charge in [-0.3, -0.25) is 4.79 Å². The highest BCUT2D eigenvalue weighted by molar-refractivity contribution is 5.76. The van der Waals surface area contributed by atoms with Crippen molar-refractivity contribution in [1.29, 1.82) is 0 Å². The van der Waals surface area contributed by atoms with Crippen LogP contribution in [0, 0.1) is 0 Å². The molecular weight excluding hydrogens is 939 g/mol. The van der Waals surface area contributed by atoms with Crippen molar-refractivity contribution in [3.05, 3.63) is 48.6 Å². The minimum Gasteiger partial charge on any atom is -0.394 e. The third-order valence-corrected chi connectivity index (χ3v) is 16.5. The van der Waals surface area contributed by atoms with Crippen molar-refractivity contribution >= 4 is 5.91 Å². The van der Waals surface area contributed by atoms with Gasteiger partial charge < -0.3 is 15.5 Å². The number of carbonyl (C=O) groups is 1. The number of aliphatic hydroxyl groups is 2. The topological polar surface area (TPSA) is 69.6 Å². The van der Waals surface area contributed by atoms with Crippen molar-refractivity contribution < 1.29 is 15.0 Å². The van der Waals surface area contributed by atoms with Crippen LogP contribution in [0.3, 0.4) is 0 Å². The predicted octanol–water partition coefficient (Wildman–Crippen LogP) is 24.1. The zero-order valence-corrected chi connectivity index (χ0v) is 52.5.